The molecule has 2 atom stereocenters. The lowest BCUT2D eigenvalue weighted by molar-refractivity contribution is 0.117. The smallest absolute Gasteiger partial charge is 0.0704 e. The van der Waals surface area contributed by atoms with Crippen molar-refractivity contribution >= 4 is 13.8 Å². The fraction of sp³-hybridized carbons (Fsp3) is 0.938. The Morgan fingerprint density at radius 2 is 2.00 bits per heavy atom. The first kappa shape index (κ1) is 17.7. The molecule has 0 aromatic carbocycles. The van der Waals surface area contributed by atoms with Gasteiger partial charge in [-0.05, 0) is 30.3 Å². The van der Waals surface area contributed by atoms with Gasteiger partial charge in [-0.15, -0.1) is 0 Å². The average Bonchev–Trinajstić information content (AvgIpc) is 2.74. The van der Waals surface area contributed by atoms with E-state index in [9.17, 15) is 0 Å². The summed E-state index contributed by atoms with van der Waals surface area (Å²) in [6.45, 7) is 18.6. The molecule has 118 valence electrons. The number of nitrogens with zero attached hydrogens (tertiary/aromatic N) is 2. The highest BCUT2D eigenvalue weighted by Gasteiger charge is 2.41. The highest BCUT2D eigenvalue weighted by Crippen LogP contribution is 2.44. The second-order valence-electron chi connectivity index (χ2n) is 7.85. The highest BCUT2D eigenvalue weighted by atomic mass is 28.3. The van der Waals surface area contributed by atoms with Crippen molar-refractivity contribution in [3.8, 4) is 0 Å². The van der Waals surface area contributed by atoms with Crippen LogP contribution in [0.1, 0.15) is 47.5 Å². The summed E-state index contributed by atoms with van der Waals surface area (Å²) in [7, 11) is 0.411. The van der Waals surface area contributed by atoms with Crippen LogP contribution in [0.25, 0.3) is 0 Å². The topological polar surface area (TPSA) is 24.8 Å². The number of methoxy groups -OCH3 is 1. The molecule has 1 unspecified atom stereocenters. The lowest BCUT2D eigenvalue weighted by Gasteiger charge is -2.42. The molecule has 20 heavy (non-hydrogen) atoms. The first-order chi connectivity index (χ1) is 9.11. The Morgan fingerprint density at radius 3 is 2.50 bits per heavy atom. The fourth-order valence-corrected chi connectivity index (χ4v) is 5.18. The molecule has 1 aliphatic heterocycles. The second kappa shape index (κ2) is 6.61. The van der Waals surface area contributed by atoms with Crippen LogP contribution in [0, 0.1) is 0 Å². The van der Waals surface area contributed by atoms with Crippen LogP contribution in [0.2, 0.25) is 23.7 Å². The van der Waals surface area contributed by atoms with Crippen LogP contribution in [0.5, 0.6) is 0 Å². The van der Waals surface area contributed by atoms with Crippen molar-refractivity contribution in [3.05, 3.63) is 0 Å². The number of ether oxygens (including phenoxy) is 1. The van der Waals surface area contributed by atoms with E-state index < -0.39 is 8.07 Å². The maximum atomic E-state index is 5.32. The van der Waals surface area contributed by atoms with E-state index in [2.05, 4.69) is 52.7 Å². The van der Waals surface area contributed by atoms with E-state index >= 15 is 0 Å². The van der Waals surface area contributed by atoms with Gasteiger partial charge in [-0.25, -0.2) is 0 Å². The fourth-order valence-electron chi connectivity index (χ4n) is 2.77. The van der Waals surface area contributed by atoms with E-state index in [1.807, 2.05) is 0 Å². The second-order valence-corrected chi connectivity index (χ2v) is 13.7. The van der Waals surface area contributed by atoms with Crippen LogP contribution >= 0.6 is 0 Å². The molecule has 1 saturated heterocycles. The van der Waals surface area contributed by atoms with Crippen LogP contribution < -0.4 is 0 Å². The molecule has 0 aromatic rings. The minimum Gasteiger partial charge on any atom is -0.382 e. The minimum atomic E-state index is -1.37. The number of hydrazone groups is 1. The first-order valence-corrected chi connectivity index (χ1v) is 11.0. The summed E-state index contributed by atoms with van der Waals surface area (Å²) < 4.78 is 5.32. The molecule has 4 heteroatoms. The Bertz CT molecular complexity index is 347. The number of rotatable bonds is 5. The first-order valence-electron chi connectivity index (χ1n) is 7.92. The summed E-state index contributed by atoms with van der Waals surface area (Å²) in [6.07, 6.45) is 2.44. The van der Waals surface area contributed by atoms with E-state index in [0.29, 0.717) is 16.6 Å². The molecule has 0 aromatic heterocycles. The van der Waals surface area contributed by atoms with Gasteiger partial charge in [0.05, 0.1) is 20.7 Å². The molecule has 0 N–H and O–H groups in total. The normalized spacial score (nSPS) is 23.3. The van der Waals surface area contributed by atoms with Gasteiger partial charge in [-0.1, -0.05) is 40.8 Å². The average molecular weight is 299 g/mol. The monoisotopic (exact) mass is 298 g/mol. The van der Waals surface area contributed by atoms with Gasteiger partial charge in [0.1, 0.15) is 0 Å². The van der Waals surface area contributed by atoms with E-state index in [1.165, 1.54) is 18.6 Å². The molecule has 3 nitrogen and oxygen atoms in total. The third-order valence-corrected chi connectivity index (χ3v) is 12.1. The summed E-state index contributed by atoms with van der Waals surface area (Å²) in [5.41, 5.74) is 1.91. The zero-order valence-corrected chi connectivity index (χ0v) is 15.8. The van der Waals surface area contributed by atoms with E-state index in [0.717, 1.165) is 13.2 Å². The molecule has 0 saturated carbocycles. The van der Waals surface area contributed by atoms with Gasteiger partial charge >= 0.3 is 0 Å². The Kier molecular flexibility index (Phi) is 5.85. The summed E-state index contributed by atoms with van der Waals surface area (Å²) >= 11 is 0. The van der Waals surface area contributed by atoms with Crippen molar-refractivity contribution < 1.29 is 4.74 Å². The molecule has 0 aliphatic carbocycles. The molecule has 1 heterocycles. The van der Waals surface area contributed by atoms with Gasteiger partial charge < -0.3 is 4.74 Å². The predicted molar refractivity (Wildman–Crippen MR) is 91.3 cm³/mol. The molecule has 0 bridgehead atoms. The predicted octanol–water partition coefficient (Wildman–Crippen LogP) is 4.37. The molecule has 1 rings (SSSR count). The molecule has 0 spiro atoms. The Morgan fingerprint density at radius 1 is 1.40 bits per heavy atom. The summed E-state index contributed by atoms with van der Waals surface area (Å²) in [6, 6.07) is 0.474. The van der Waals surface area contributed by atoms with Gasteiger partial charge in [-0.2, -0.15) is 5.10 Å². The Hall–Kier alpha value is -0.353. The zero-order valence-electron chi connectivity index (χ0n) is 14.8. The van der Waals surface area contributed by atoms with Crippen molar-refractivity contribution in [2.45, 2.75) is 77.2 Å². The molecular weight excluding hydrogens is 264 g/mol. The molecule has 1 aliphatic rings. The standard InChI is InChI=1S/C16H34N2OSi/c1-13(14(2)20(7,8)16(3,4)5)17-18-11-9-10-15(18)12-19-6/h14-15H,9-12H2,1-8H3/b17-13-/t14?,15-/m1/s1. The maximum Gasteiger partial charge on any atom is 0.0704 e. The van der Waals surface area contributed by atoms with E-state index in [1.54, 1.807) is 7.11 Å². The zero-order chi connectivity index (χ0) is 15.6. The van der Waals surface area contributed by atoms with Gasteiger partial charge in [-0.3, -0.25) is 5.01 Å². The van der Waals surface area contributed by atoms with Crippen molar-refractivity contribution in [2.75, 3.05) is 20.3 Å². The van der Waals surface area contributed by atoms with E-state index in [4.69, 9.17) is 9.84 Å². The summed E-state index contributed by atoms with van der Waals surface area (Å²) in [5.74, 6) is 0. The van der Waals surface area contributed by atoms with Crippen LogP contribution in [0.4, 0.5) is 0 Å². The van der Waals surface area contributed by atoms with Crippen LogP contribution in [0.3, 0.4) is 0 Å². The minimum absolute atomic E-state index is 0.403. The molecule has 0 radical (unpaired) electrons. The van der Waals surface area contributed by atoms with Crippen LogP contribution in [-0.4, -0.2) is 45.1 Å². The van der Waals surface area contributed by atoms with E-state index in [-0.39, 0.29) is 0 Å². The lowest BCUT2D eigenvalue weighted by atomic mass is 10.2. The van der Waals surface area contributed by atoms with Crippen LogP contribution in [0.15, 0.2) is 5.10 Å². The SMILES string of the molecule is COC[C@H]1CCCN1/N=C(/C)C(C)[Si](C)(C)C(C)(C)C. The quantitative estimate of drug-likeness (QED) is 0.556. The lowest BCUT2D eigenvalue weighted by Crippen LogP contribution is -2.44. The van der Waals surface area contributed by atoms with Gasteiger partial charge in [0, 0.05) is 19.4 Å². The third kappa shape index (κ3) is 3.85. The van der Waals surface area contributed by atoms with Crippen molar-refractivity contribution in [1.29, 1.82) is 0 Å². The van der Waals surface area contributed by atoms with Crippen molar-refractivity contribution in [3.63, 3.8) is 0 Å². The van der Waals surface area contributed by atoms with Gasteiger partial charge in [0.2, 0.25) is 0 Å². The van der Waals surface area contributed by atoms with Crippen molar-refractivity contribution in [1.82, 2.24) is 5.01 Å². The van der Waals surface area contributed by atoms with Gasteiger partial charge in [0.15, 0.2) is 0 Å². The molecule has 0 amide bonds. The summed E-state index contributed by atoms with van der Waals surface area (Å²) in [5, 5.41) is 7.63. The Labute approximate surface area is 126 Å². The molecule has 1 fully saturated rings. The third-order valence-electron chi connectivity index (χ3n) is 5.63. The molecular formula is C16H34N2OSi. The number of hydrogen-bond acceptors (Lipinski definition) is 3. The Balaban J connectivity index is 2.83. The number of hydrogen-bond donors (Lipinski definition) is 0. The van der Waals surface area contributed by atoms with Crippen LogP contribution in [-0.2, 0) is 4.74 Å². The van der Waals surface area contributed by atoms with Gasteiger partial charge in [0.25, 0.3) is 0 Å². The maximum absolute atomic E-state index is 5.32. The highest BCUT2D eigenvalue weighted by molar-refractivity contribution is 6.84. The largest absolute Gasteiger partial charge is 0.382 e. The van der Waals surface area contributed by atoms with Crippen molar-refractivity contribution in [2.24, 2.45) is 5.10 Å². The summed E-state index contributed by atoms with van der Waals surface area (Å²) in [4.78, 5) is 0.